The van der Waals surface area contributed by atoms with Crippen LogP contribution in [0.2, 0.25) is 0 Å². The summed E-state index contributed by atoms with van der Waals surface area (Å²) in [4.78, 5) is 14.6. The Hall–Kier alpha value is -1.65. The van der Waals surface area contributed by atoms with Crippen LogP contribution in [0.1, 0.15) is 30.0 Å². The van der Waals surface area contributed by atoms with Crippen LogP contribution in [-0.4, -0.2) is 29.1 Å². The van der Waals surface area contributed by atoms with Crippen LogP contribution in [0.5, 0.6) is 0 Å². The van der Waals surface area contributed by atoms with Gasteiger partial charge in [-0.1, -0.05) is 18.2 Å². The van der Waals surface area contributed by atoms with Crippen LogP contribution in [0.25, 0.3) is 0 Å². The average Bonchev–Trinajstić information content (AvgIpc) is 2.58. The van der Waals surface area contributed by atoms with Gasteiger partial charge in [-0.2, -0.15) is 0 Å². The number of rotatable bonds is 4. The number of likely N-dealkylation sites (tertiary alicyclic amines) is 1. The van der Waals surface area contributed by atoms with Crippen molar-refractivity contribution in [2.24, 2.45) is 5.92 Å². The van der Waals surface area contributed by atoms with Crippen LogP contribution >= 0.6 is 12.4 Å². The highest BCUT2D eigenvalue weighted by Gasteiger charge is 2.33. The molecule has 3 nitrogen and oxygen atoms in total. The zero-order valence-electron chi connectivity index (χ0n) is 14.2. The van der Waals surface area contributed by atoms with Gasteiger partial charge in [-0.05, 0) is 55.5 Å². The summed E-state index contributed by atoms with van der Waals surface area (Å²) >= 11 is 0. The highest BCUT2D eigenvalue weighted by Crippen LogP contribution is 2.34. The average molecular weight is 363 g/mol. The molecule has 2 aliphatic heterocycles. The summed E-state index contributed by atoms with van der Waals surface area (Å²) in [7, 11) is 0. The van der Waals surface area contributed by atoms with E-state index < -0.39 is 0 Å². The van der Waals surface area contributed by atoms with Gasteiger partial charge in [-0.15, -0.1) is 12.4 Å². The van der Waals surface area contributed by atoms with E-state index >= 15 is 0 Å². The molecule has 0 N–H and O–H groups in total. The van der Waals surface area contributed by atoms with Gasteiger partial charge in [0.25, 0.3) is 5.56 Å². The van der Waals surface area contributed by atoms with E-state index in [1.807, 2.05) is 22.8 Å². The highest BCUT2D eigenvalue weighted by molar-refractivity contribution is 5.85. The molecule has 134 valence electrons. The van der Waals surface area contributed by atoms with E-state index in [2.05, 4.69) is 11.0 Å². The van der Waals surface area contributed by atoms with E-state index in [0.29, 0.717) is 11.8 Å². The normalized spacial score (nSPS) is 22.1. The van der Waals surface area contributed by atoms with Crippen molar-refractivity contribution in [1.29, 1.82) is 0 Å². The van der Waals surface area contributed by atoms with Crippen LogP contribution in [0.3, 0.4) is 0 Å². The number of hydrogen-bond acceptors (Lipinski definition) is 2. The molecule has 3 heterocycles. The van der Waals surface area contributed by atoms with Crippen molar-refractivity contribution < 1.29 is 4.39 Å². The number of nitrogens with zero attached hydrogens (tertiary/aromatic N) is 2. The van der Waals surface area contributed by atoms with Crippen molar-refractivity contribution in [3.63, 3.8) is 0 Å². The lowest BCUT2D eigenvalue weighted by Crippen LogP contribution is -2.47. The third-order valence-corrected chi connectivity index (χ3v) is 5.41. The molecule has 0 saturated carbocycles. The Kier molecular flexibility index (Phi) is 5.60. The van der Waals surface area contributed by atoms with E-state index in [1.165, 1.54) is 29.8 Å². The van der Waals surface area contributed by atoms with E-state index in [4.69, 9.17) is 0 Å². The van der Waals surface area contributed by atoms with Gasteiger partial charge in [0.2, 0.25) is 0 Å². The smallest absolute Gasteiger partial charge is 0.250 e. The molecular weight excluding hydrogens is 339 g/mol. The van der Waals surface area contributed by atoms with Crippen molar-refractivity contribution in [3.05, 3.63) is 69.9 Å². The van der Waals surface area contributed by atoms with Crippen molar-refractivity contribution in [3.8, 4) is 0 Å². The molecule has 25 heavy (non-hydrogen) atoms. The molecule has 0 amide bonds. The molecule has 2 aromatic rings. The van der Waals surface area contributed by atoms with Gasteiger partial charge < -0.3 is 9.47 Å². The lowest BCUT2D eigenvalue weighted by molar-refractivity contribution is 0.119. The Morgan fingerprint density at radius 3 is 2.64 bits per heavy atom. The van der Waals surface area contributed by atoms with Crippen molar-refractivity contribution in [2.75, 3.05) is 19.6 Å². The largest absolute Gasteiger partial charge is 0.312 e. The Balaban J connectivity index is 0.00000182. The van der Waals surface area contributed by atoms with E-state index in [-0.39, 0.29) is 23.8 Å². The molecule has 1 fully saturated rings. The third kappa shape index (κ3) is 3.96. The maximum absolute atomic E-state index is 12.9. The molecule has 1 saturated heterocycles. The monoisotopic (exact) mass is 362 g/mol. The predicted molar refractivity (Wildman–Crippen MR) is 100.0 cm³/mol. The SMILES string of the molecule is Cl.O=c1cccc2n1C[C@H]1C[C@@H]2CN(CCCc2ccc(F)cc2)C1. The van der Waals surface area contributed by atoms with Gasteiger partial charge in [0.15, 0.2) is 0 Å². The maximum Gasteiger partial charge on any atom is 0.250 e. The van der Waals surface area contributed by atoms with E-state index in [0.717, 1.165) is 39.0 Å². The molecule has 2 atom stereocenters. The summed E-state index contributed by atoms with van der Waals surface area (Å²) in [6, 6.07) is 12.5. The van der Waals surface area contributed by atoms with E-state index in [1.54, 1.807) is 6.07 Å². The number of pyridine rings is 1. The van der Waals surface area contributed by atoms with Gasteiger partial charge in [-0.25, -0.2) is 4.39 Å². The summed E-state index contributed by atoms with van der Waals surface area (Å²) < 4.78 is 14.9. The molecule has 0 spiro atoms. The van der Waals surface area contributed by atoms with Crippen molar-refractivity contribution >= 4 is 12.4 Å². The highest BCUT2D eigenvalue weighted by atomic mass is 35.5. The fraction of sp³-hybridized carbons (Fsp3) is 0.450. The van der Waals surface area contributed by atoms with Gasteiger partial charge in [0.1, 0.15) is 5.82 Å². The minimum absolute atomic E-state index is 0. The van der Waals surface area contributed by atoms with Gasteiger partial charge in [0.05, 0.1) is 0 Å². The number of fused-ring (bicyclic) bond motifs is 4. The second-order valence-electron chi connectivity index (χ2n) is 7.19. The van der Waals surface area contributed by atoms with Crippen LogP contribution in [0.4, 0.5) is 4.39 Å². The second-order valence-corrected chi connectivity index (χ2v) is 7.19. The van der Waals surface area contributed by atoms with E-state index in [9.17, 15) is 9.18 Å². The van der Waals surface area contributed by atoms with Crippen LogP contribution < -0.4 is 5.56 Å². The summed E-state index contributed by atoms with van der Waals surface area (Å²) in [5, 5.41) is 0. The first kappa shape index (κ1) is 18.2. The topological polar surface area (TPSA) is 25.2 Å². The lowest BCUT2D eigenvalue weighted by Gasteiger charge is -2.42. The van der Waals surface area contributed by atoms with Crippen LogP contribution in [-0.2, 0) is 13.0 Å². The summed E-state index contributed by atoms with van der Waals surface area (Å²) in [6.07, 6.45) is 3.28. The molecule has 2 aliphatic rings. The molecular formula is C20H24ClFN2O. The van der Waals surface area contributed by atoms with Crippen molar-refractivity contribution in [1.82, 2.24) is 9.47 Å². The number of aryl methyl sites for hydroxylation is 1. The standard InChI is InChI=1S/C20H23FN2O.ClH/c21-18-8-6-15(7-9-18)3-2-10-22-12-16-11-17(14-22)19-4-1-5-20(24)23(19)13-16;/h1,4-9,16-17H,2-3,10-14H2;1H/t16-,17+;/m0./s1. The summed E-state index contributed by atoms with van der Waals surface area (Å²) in [6.45, 7) is 4.06. The molecule has 0 aliphatic carbocycles. The molecule has 5 heteroatoms. The molecule has 0 radical (unpaired) electrons. The maximum atomic E-state index is 12.9. The number of piperidine rings is 1. The first-order chi connectivity index (χ1) is 11.7. The summed E-state index contributed by atoms with van der Waals surface area (Å²) in [5.41, 5.74) is 2.56. The van der Waals surface area contributed by atoms with Crippen molar-refractivity contribution in [2.45, 2.75) is 31.7 Å². The number of aromatic nitrogens is 1. The molecule has 4 rings (SSSR count). The predicted octanol–water partition coefficient (Wildman–Crippen LogP) is 3.46. The first-order valence-corrected chi connectivity index (χ1v) is 8.85. The van der Waals surface area contributed by atoms with Gasteiger partial charge in [-0.3, -0.25) is 4.79 Å². The molecule has 2 bridgehead atoms. The quantitative estimate of drug-likeness (QED) is 0.832. The van der Waals surface area contributed by atoms with Crippen LogP contribution in [0.15, 0.2) is 47.3 Å². The number of hydrogen-bond donors (Lipinski definition) is 0. The number of halogens is 2. The molecule has 1 aromatic carbocycles. The fourth-order valence-corrected chi connectivity index (χ4v) is 4.34. The fourth-order valence-electron chi connectivity index (χ4n) is 4.34. The lowest BCUT2D eigenvalue weighted by atomic mass is 9.83. The Bertz CT molecular complexity index is 774. The third-order valence-electron chi connectivity index (χ3n) is 5.41. The van der Waals surface area contributed by atoms with Crippen LogP contribution in [0, 0.1) is 11.7 Å². The number of benzene rings is 1. The Labute approximate surface area is 153 Å². The minimum Gasteiger partial charge on any atom is -0.312 e. The zero-order chi connectivity index (χ0) is 16.5. The molecule has 0 unspecified atom stereocenters. The minimum atomic E-state index is -0.170. The summed E-state index contributed by atoms with van der Waals surface area (Å²) in [5.74, 6) is 0.899. The molecule has 1 aromatic heterocycles. The van der Waals surface area contributed by atoms with Gasteiger partial charge >= 0.3 is 0 Å². The zero-order valence-corrected chi connectivity index (χ0v) is 15.1. The first-order valence-electron chi connectivity index (χ1n) is 8.85. The Morgan fingerprint density at radius 1 is 1.04 bits per heavy atom. The Morgan fingerprint density at radius 2 is 1.84 bits per heavy atom. The van der Waals surface area contributed by atoms with Gasteiger partial charge in [0, 0.05) is 37.3 Å². The second kappa shape index (κ2) is 7.71.